The highest BCUT2D eigenvalue weighted by atomic mass is 16.6. The Bertz CT molecular complexity index is 653. The van der Waals surface area contributed by atoms with Crippen LogP contribution in [0.3, 0.4) is 0 Å². The first-order chi connectivity index (χ1) is 11.2. The van der Waals surface area contributed by atoms with Crippen molar-refractivity contribution in [1.29, 1.82) is 0 Å². The molecule has 0 saturated carbocycles. The lowest BCUT2D eigenvalue weighted by atomic mass is 9.92. The number of amides is 1. The molecule has 0 aromatic heterocycles. The Morgan fingerprint density at radius 3 is 2.22 bits per heavy atom. The molecule has 0 radical (unpaired) electrons. The molecular weight excluding hydrogens is 290 g/mol. The van der Waals surface area contributed by atoms with Gasteiger partial charge in [-0.05, 0) is 42.0 Å². The first-order valence-electron chi connectivity index (χ1n) is 8.03. The summed E-state index contributed by atoms with van der Waals surface area (Å²) >= 11 is 0. The minimum Gasteiger partial charge on any atom is -0.448 e. The quantitative estimate of drug-likeness (QED) is 0.505. The van der Waals surface area contributed by atoms with E-state index in [9.17, 15) is 10.0 Å². The Hall–Kier alpha value is -2.33. The number of hydrogen-bond donors (Lipinski definition) is 1. The second-order valence-electron chi connectivity index (χ2n) is 5.70. The molecule has 1 N–H and O–H groups in total. The second kappa shape index (κ2) is 6.84. The minimum atomic E-state index is -0.681. The standard InChI is InChI=1S/C19H21NO3/c1-2-20(22)19(21)23-13-7-12-18-16-10-5-3-8-14(16)15-9-4-6-11-17(15)18/h3-6,8-11,18,22H,2,7,12-13H2,1H3. The fraction of sp³-hybridized carbons (Fsp3) is 0.316. The van der Waals surface area contributed by atoms with Gasteiger partial charge in [0.2, 0.25) is 0 Å². The smallest absolute Gasteiger partial charge is 0.433 e. The topological polar surface area (TPSA) is 49.8 Å². The van der Waals surface area contributed by atoms with Crippen molar-refractivity contribution >= 4 is 6.09 Å². The van der Waals surface area contributed by atoms with Gasteiger partial charge >= 0.3 is 6.09 Å². The summed E-state index contributed by atoms with van der Waals surface area (Å²) in [5, 5.41) is 9.84. The zero-order valence-electron chi connectivity index (χ0n) is 13.2. The van der Waals surface area contributed by atoms with Crippen molar-refractivity contribution in [3.63, 3.8) is 0 Å². The van der Waals surface area contributed by atoms with Gasteiger partial charge in [0.15, 0.2) is 0 Å². The number of fused-ring (bicyclic) bond motifs is 3. The van der Waals surface area contributed by atoms with Gasteiger partial charge in [-0.15, -0.1) is 0 Å². The van der Waals surface area contributed by atoms with Crippen LogP contribution in [0, 0.1) is 0 Å². The molecule has 23 heavy (non-hydrogen) atoms. The summed E-state index contributed by atoms with van der Waals surface area (Å²) in [5.74, 6) is 0.345. The van der Waals surface area contributed by atoms with E-state index in [1.54, 1.807) is 6.92 Å². The number of benzene rings is 2. The van der Waals surface area contributed by atoms with Gasteiger partial charge in [0.25, 0.3) is 0 Å². The Morgan fingerprint density at radius 2 is 1.65 bits per heavy atom. The van der Waals surface area contributed by atoms with E-state index >= 15 is 0 Å². The molecule has 3 rings (SSSR count). The van der Waals surface area contributed by atoms with Gasteiger partial charge in [-0.25, -0.2) is 4.79 Å². The van der Waals surface area contributed by atoms with E-state index in [1.807, 2.05) is 0 Å². The first-order valence-corrected chi connectivity index (χ1v) is 8.03. The third-order valence-electron chi connectivity index (χ3n) is 4.34. The maximum Gasteiger partial charge on any atom is 0.433 e. The summed E-state index contributed by atoms with van der Waals surface area (Å²) in [6.07, 6.45) is 0.995. The van der Waals surface area contributed by atoms with Gasteiger partial charge in [0.05, 0.1) is 6.61 Å². The van der Waals surface area contributed by atoms with Crippen LogP contribution in [-0.2, 0) is 4.74 Å². The van der Waals surface area contributed by atoms with Crippen molar-refractivity contribution in [2.75, 3.05) is 13.2 Å². The maximum atomic E-state index is 11.4. The van der Waals surface area contributed by atoms with Crippen LogP contribution in [0.5, 0.6) is 0 Å². The third-order valence-corrected chi connectivity index (χ3v) is 4.34. The molecular formula is C19H21NO3. The fourth-order valence-corrected chi connectivity index (χ4v) is 3.22. The number of rotatable bonds is 5. The molecule has 120 valence electrons. The van der Waals surface area contributed by atoms with Gasteiger partial charge in [0.1, 0.15) is 0 Å². The van der Waals surface area contributed by atoms with Crippen LogP contribution in [0.1, 0.15) is 36.8 Å². The summed E-state index contributed by atoms with van der Waals surface area (Å²) in [5.41, 5.74) is 5.30. The van der Waals surface area contributed by atoms with Gasteiger partial charge in [-0.3, -0.25) is 5.21 Å². The highest BCUT2D eigenvalue weighted by Crippen LogP contribution is 2.46. The molecule has 0 heterocycles. The van der Waals surface area contributed by atoms with E-state index in [1.165, 1.54) is 22.3 Å². The van der Waals surface area contributed by atoms with Crippen LogP contribution < -0.4 is 0 Å². The summed E-state index contributed by atoms with van der Waals surface area (Å²) in [6.45, 7) is 2.23. The number of hydroxylamine groups is 2. The predicted molar refractivity (Wildman–Crippen MR) is 88.5 cm³/mol. The zero-order valence-corrected chi connectivity index (χ0v) is 13.2. The van der Waals surface area contributed by atoms with Crippen LogP contribution in [0.25, 0.3) is 11.1 Å². The lowest BCUT2D eigenvalue weighted by Gasteiger charge is -2.15. The number of nitrogens with zero attached hydrogens (tertiary/aromatic N) is 1. The number of carbonyl (C=O) groups excluding carboxylic acids is 1. The number of ether oxygens (including phenoxy) is 1. The van der Waals surface area contributed by atoms with E-state index in [4.69, 9.17) is 4.74 Å². The minimum absolute atomic E-state index is 0.224. The number of carbonyl (C=O) groups is 1. The molecule has 4 heteroatoms. The Balaban J connectivity index is 1.66. The molecule has 0 fully saturated rings. The van der Waals surface area contributed by atoms with E-state index < -0.39 is 6.09 Å². The lowest BCUT2D eigenvalue weighted by molar-refractivity contribution is -0.0703. The molecule has 1 amide bonds. The van der Waals surface area contributed by atoms with Crippen molar-refractivity contribution in [2.45, 2.75) is 25.7 Å². The third kappa shape index (κ3) is 3.08. The molecule has 1 aliphatic carbocycles. The average molecular weight is 311 g/mol. The molecule has 2 aromatic rings. The molecule has 0 spiro atoms. The van der Waals surface area contributed by atoms with Crippen LogP contribution in [0.4, 0.5) is 4.79 Å². The molecule has 2 aromatic carbocycles. The van der Waals surface area contributed by atoms with Crippen LogP contribution in [0.2, 0.25) is 0 Å². The monoisotopic (exact) mass is 311 g/mol. The summed E-state index contributed by atoms with van der Waals surface area (Å²) in [6, 6.07) is 17.0. The Morgan fingerprint density at radius 1 is 1.09 bits per heavy atom. The van der Waals surface area contributed by atoms with Crippen LogP contribution in [-0.4, -0.2) is 29.5 Å². The summed E-state index contributed by atoms with van der Waals surface area (Å²) in [7, 11) is 0. The molecule has 0 aliphatic heterocycles. The van der Waals surface area contributed by atoms with E-state index in [0.717, 1.165) is 12.8 Å². The zero-order chi connectivity index (χ0) is 16.2. The van der Waals surface area contributed by atoms with Crippen LogP contribution >= 0.6 is 0 Å². The van der Waals surface area contributed by atoms with Gasteiger partial charge in [-0.1, -0.05) is 48.5 Å². The molecule has 0 unspecified atom stereocenters. The highest BCUT2D eigenvalue weighted by molar-refractivity contribution is 5.78. The van der Waals surface area contributed by atoms with E-state index in [2.05, 4.69) is 48.5 Å². The van der Waals surface area contributed by atoms with Gasteiger partial charge in [0, 0.05) is 12.5 Å². The summed E-state index contributed by atoms with van der Waals surface area (Å²) in [4.78, 5) is 11.4. The first kappa shape index (κ1) is 15.6. The average Bonchev–Trinajstić information content (AvgIpc) is 2.92. The Labute approximate surface area is 136 Å². The molecule has 4 nitrogen and oxygen atoms in total. The lowest BCUT2D eigenvalue weighted by Crippen LogP contribution is -2.28. The van der Waals surface area contributed by atoms with Crippen molar-refractivity contribution in [1.82, 2.24) is 5.06 Å². The number of hydrogen-bond acceptors (Lipinski definition) is 3. The van der Waals surface area contributed by atoms with Crippen molar-refractivity contribution in [2.24, 2.45) is 0 Å². The predicted octanol–water partition coefficient (Wildman–Crippen LogP) is 4.43. The Kier molecular flexibility index (Phi) is 4.63. The van der Waals surface area contributed by atoms with Crippen molar-refractivity contribution in [3.05, 3.63) is 59.7 Å². The fourth-order valence-electron chi connectivity index (χ4n) is 3.22. The van der Waals surface area contributed by atoms with Gasteiger partial charge in [-0.2, -0.15) is 5.06 Å². The van der Waals surface area contributed by atoms with E-state index in [0.29, 0.717) is 17.6 Å². The van der Waals surface area contributed by atoms with Crippen molar-refractivity contribution < 1.29 is 14.7 Å². The highest BCUT2D eigenvalue weighted by Gasteiger charge is 2.27. The molecule has 0 saturated heterocycles. The maximum absolute atomic E-state index is 11.4. The van der Waals surface area contributed by atoms with Crippen molar-refractivity contribution in [3.8, 4) is 11.1 Å². The second-order valence-corrected chi connectivity index (χ2v) is 5.70. The van der Waals surface area contributed by atoms with E-state index in [-0.39, 0.29) is 6.54 Å². The van der Waals surface area contributed by atoms with Gasteiger partial charge < -0.3 is 4.74 Å². The molecule has 1 aliphatic rings. The largest absolute Gasteiger partial charge is 0.448 e. The SMILES string of the molecule is CCN(O)C(=O)OCCCC1c2ccccc2-c2ccccc21. The van der Waals surface area contributed by atoms with Crippen LogP contribution in [0.15, 0.2) is 48.5 Å². The normalized spacial score (nSPS) is 12.6. The molecule has 0 bridgehead atoms. The molecule has 0 atom stereocenters. The summed E-state index contributed by atoms with van der Waals surface area (Å²) < 4.78 is 5.07.